The molecule has 0 aliphatic carbocycles. The van der Waals surface area contributed by atoms with Crippen molar-refractivity contribution < 1.29 is 9.31 Å². The Kier molecular flexibility index (Phi) is 3.90. The number of halogens is 1. The summed E-state index contributed by atoms with van der Waals surface area (Å²) in [6, 6.07) is 11.7. The van der Waals surface area contributed by atoms with E-state index in [0.29, 0.717) is 6.54 Å². The Hall–Kier alpha value is -2.27. The second-order valence-corrected chi connectivity index (χ2v) is 5.66. The summed E-state index contributed by atoms with van der Waals surface area (Å²) in [6.07, 6.45) is 0.896. The molecular weight excluding hydrogens is 283 g/mol. The fraction of sp³-hybridized carbons (Fsp3) is 0.294. The van der Waals surface area contributed by atoms with Crippen LogP contribution in [0.5, 0.6) is 0 Å². The monoisotopic (exact) mass is 300 g/mol. The van der Waals surface area contributed by atoms with Crippen molar-refractivity contribution in [3.8, 4) is 0 Å². The number of rotatable bonds is 3. The maximum absolute atomic E-state index is 13.5. The van der Waals surface area contributed by atoms with Crippen LogP contribution < -0.4 is 0 Å². The average Bonchev–Trinajstić information content (AvgIpc) is 2.51. The number of fused-ring (bicyclic) bond motifs is 1. The quantitative estimate of drug-likeness (QED) is 0.639. The van der Waals surface area contributed by atoms with Crippen LogP contribution in [0.3, 0.4) is 0 Å². The third kappa shape index (κ3) is 2.85. The molecule has 3 rings (SSSR count). The lowest BCUT2D eigenvalue weighted by atomic mass is 9.93. The largest absolute Gasteiger partial charge is 0.292 e. The molecule has 1 atom stereocenters. The minimum atomic E-state index is -0.397. The van der Waals surface area contributed by atoms with Crippen molar-refractivity contribution in [1.82, 2.24) is 4.90 Å². The van der Waals surface area contributed by atoms with Crippen molar-refractivity contribution >= 4 is 5.69 Å². The molecule has 0 fully saturated rings. The summed E-state index contributed by atoms with van der Waals surface area (Å²) in [4.78, 5) is 12.6. The molecule has 0 saturated carbocycles. The van der Waals surface area contributed by atoms with Crippen molar-refractivity contribution in [3.05, 3.63) is 75.1 Å². The summed E-state index contributed by atoms with van der Waals surface area (Å²) in [5.74, 6) is -0.206. The molecule has 22 heavy (non-hydrogen) atoms. The molecule has 0 aromatic heterocycles. The summed E-state index contributed by atoms with van der Waals surface area (Å²) in [6.45, 7) is 3.68. The average molecular weight is 300 g/mol. The summed E-state index contributed by atoms with van der Waals surface area (Å²) in [7, 11) is 0. The van der Waals surface area contributed by atoms with Gasteiger partial charge in [-0.1, -0.05) is 18.2 Å². The molecule has 114 valence electrons. The lowest BCUT2D eigenvalue weighted by Gasteiger charge is -2.35. The molecule has 4 nitrogen and oxygen atoms in total. The molecule has 0 amide bonds. The highest BCUT2D eigenvalue weighted by molar-refractivity contribution is 5.35. The van der Waals surface area contributed by atoms with Crippen molar-refractivity contribution in [2.45, 2.75) is 25.9 Å². The van der Waals surface area contributed by atoms with Gasteiger partial charge in [-0.25, -0.2) is 4.39 Å². The zero-order valence-corrected chi connectivity index (χ0v) is 12.3. The Morgan fingerprint density at radius 1 is 1.27 bits per heavy atom. The molecule has 1 heterocycles. The van der Waals surface area contributed by atoms with Gasteiger partial charge in [0.25, 0.3) is 5.69 Å². The van der Waals surface area contributed by atoms with Gasteiger partial charge >= 0.3 is 0 Å². The third-order valence-electron chi connectivity index (χ3n) is 4.31. The van der Waals surface area contributed by atoms with Crippen LogP contribution in [0.25, 0.3) is 0 Å². The van der Waals surface area contributed by atoms with E-state index in [-0.39, 0.29) is 17.5 Å². The van der Waals surface area contributed by atoms with Crippen LogP contribution in [-0.2, 0) is 13.0 Å². The Morgan fingerprint density at radius 3 is 2.68 bits per heavy atom. The molecule has 0 N–H and O–H groups in total. The second-order valence-electron chi connectivity index (χ2n) is 5.66. The summed E-state index contributed by atoms with van der Waals surface area (Å²) in [5, 5.41) is 10.7. The van der Waals surface area contributed by atoms with E-state index in [1.165, 1.54) is 23.8 Å². The second kappa shape index (κ2) is 5.85. The molecule has 2 aromatic carbocycles. The maximum atomic E-state index is 13.5. The minimum Gasteiger partial charge on any atom is -0.292 e. The maximum Gasteiger partial charge on any atom is 0.269 e. The molecule has 0 bridgehead atoms. The lowest BCUT2D eigenvalue weighted by Crippen LogP contribution is -2.33. The van der Waals surface area contributed by atoms with Crippen molar-refractivity contribution in [2.75, 3.05) is 6.54 Å². The number of hydrogen-bond acceptors (Lipinski definition) is 3. The Balaban J connectivity index is 1.77. The number of hydrogen-bond donors (Lipinski definition) is 0. The highest BCUT2D eigenvalue weighted by Crippen LogP contribution is 2.31. The van der Waals surface area contributed by atoms with Gasteiger partial charge in [0, 0.05) is 31.3 Å². The van der Waals surface area contributed by atoms with E-state index in [2.05, 4.69) is 11.8 Å². The number of benzene rings is 2. The molecule has 0 spiro atoms. The van der Waals surface area contributed by atoms with Gasteiger partial charge in [-0.15, -0.1) is 0 Å². The highest BCUT2D eigenvalue weighted by atomic mass is 19.1. The molecule has 1 aliphatic heterocycles. The first kappa shape index (κ1) is 14.7. The smallest absolute Gasteiger partial charge is 0.269 e. The van der Waals surface area contributed by atoms with E-state index >= 15 is 0 Å². The van der Waals surface area contributed by atoms with Crippen molar-refractivity contribution in [3.63, 3.8) is 0 Å². The zero-order chi connectivity index (χ0) is 15.7. The Morgan fingerprint density at radius 2 is 2.00 bits per heavy atom. The standard InChI is InChI=1S/C17H17FN2O2/c1-12-17-10-15(18)5-4-14(17)8-9-19(12)11-13-2-6-16(7-3-13)20(21)22/h2-7,10,12H,8-9,11H2,1H3. The summed E-state index contributed by atoms with van der Waals surface area (Å²) in [5.41, 5.74) is 3.36. The predicted molar refractivity (Wildman–Crippen MR) is 82.0 cm³/mol. The normalized spacial score (nSPS) is 18.0. The first-order valence-electron chi connectivity index (χ1n) is 7.30. The molecule has 1 aliphatic rings. The number of nitro benzene ring substituents is 1. The molecule has 1 unspecified atom stereocenters. The van der Waals surface area contributed by atoms with Gasteiger partial charge in [-0.05, 0) is 42.2 Å². The first-order valence-corrected chi connectivity index (χ1v) is 7.30. The van der Waals surface area contributed by atoms with Crippen LogP contribution in [0, 0.1) is 15.9 Å². The Bertz CT molecular complexity index is 700. The van der Waals surface area contributed by atoms with E-state index in [9.17, 15) is 14.5 Å². The van der Waals surface area contributed by atoms with Gasteiger partial charge in [0.2, 0.25) is 0 Å². The molecule has 5 heteroatoms. The minimum absolute atomic E-state index is 0.0999. The van der Waals surface area contributed by atoms with Crippen LogP contribution in [0.15, 0.2) is 42.5 Å². The summed E-state index contributed by atoms with van der Waals surface area (Å²) < 4.78 is 13.5. The first-order chi connectivity index (χ1) is 10.5. The predicted octanol–water partition coefficient (Wildman–Crippen LogP) is 3.85. The van der Waals surface area contributed by atoms with Crippen molar-refractivity contribution in [1.29, 1.82) is 0 Å². The van der Waals surface area contributed by atoms with E-state index in [4.69, 9.17) is 0 Å². The van der Waals surface area contributed by atoms with E-state index in [1.807, 2.05) is 6.07 Å². The van der Waals surface area contributed by atoms with Crippen molar-refractivity contribution in [2.24, 2.45) is 0 Å². The van der Waals surface area contributed by atoms with E-state index in [0.717, 1.165) is 24.1 Å². The van der Waals surface area contributed by atoms with Crippen LogP contribution in [-0.4, -0.2) is 16.4 Å². The lowest BCUT2D eigenvalue weighted by molar-refractivity contribution is -0.384. The molecule has 2 aromatic rings. The van der Waals surface area contributed by atoms with Crippen LogP contribution in [0.2, 0.25) is 0 Å². The van der Waals surface area contributed by atoms with Gasteiger partial charge in [0.15, 0.2) is 0 Å². The topological polar surface area (TPSA) is 46.4 Å². The van der Waals surface area contributed by atoms with Gasteiger partial charge < -0.3 is 0 Å². The van der Waals surface area contributed by atoms with Gasteiger partial charge in [-0.2, -0.15) is 0 Å². The van der Waals surface area contributed by atoms with Crippen LogP contribution in [0.4, 0.5) is 10.1 Å². The number of non-ortho nitro benzene ring substituents is 1. The van der Waals surface area contributed by atoms with Crippen LogP contribution in [0.1, 0.15) is 29.7 Å². The Labute approximate surface area is 128 Å². The number of nitro groups is 1. The third-order valence-corrected chi connectivity index (χ3v) is 4.31. The fourth-order valence-corrected chi connectivity index (χ4v) is 3.01. The molecule has 0 saturated heterocycles. The SMILES string of the molecule is CC1c2cc(F)ccc2CCN1Cc1ccc([N+](=O)[O-])cc1. The summed E-state index contributed by atoms with van der Waals surface area (Å²) >= 11 is 0. The fourth-order valence-electron chi connectivity index (χ4n) is 3.01. The van der Waals surface area contributed by atoms with Gasteiger partial charge in [0.1, 0.15) is 5.82 Å². The highest BCUT2D eigenvalue weighted by Gasteiger charge is 2.24. The number of nitrogens with zero attached hydrogens (tertiary/aromatic N) is 2. The van der Waals surface area contributed by atoms with Crippen LogP contribution >= 0.6 is 0 Å². The molecule has 0 radical (unpaired) electrons. The van der Waals surface area contributed by atoms with E-state index in [1.54, 1.807) is 18.2 Å². The van der Waals surface area contributed by atoms with Gasteiger partial charge in [-0.3, -0.25) is 15.0 Å². The zero-order valence-electron chi connectivity index (χ0n) is 12.3. The molecular formula is C17H17FN2O2. The van der Waals surface area contributed by atoms with E-state index < -0.39 is 4.92 Å². The van der Waals surface area contributed by atoms with Gasteiger partial charge in [0.05, 0.1) is 4.92 Å².